The average Bonchev–Trinajstić information content (AvgIpc) is 2.48. The zero-order valence-corrected chi connectivity index (χ0v) is 9.79. The summed E-state index contributed by atoms with van der Waals surface area (Å²) in [6, 6.07) is -0.260. The molecule has 19 heavy (non-hydrogen) atoms. The molecule has 0 fully saturated rings. The molecule has 1 aromatic carbocycles. The van der Waals surface area contributed by atoms with E-state index in [-0.39, 0.29) is 23.6 Å². The van der Waals surface area contributed by atoms with Gasteiger partial charge >= 0.3 is 6.09 Å². The molecule has 1 unspecified atom stereocenters. The van der Waals surface area contributed by atoms with Crippen LogP contribution >= 0.6 is 0 Å². The van der Waals surface area contributed by atoms with Crippen molar-refractivity contribution in [2.45, 2.75) is 13.0 Å². The highest BCUT2D eigenvalue weighted by molar-refractivity contribution is 5.98. The summed E-state index contributed by atoms with van der Waals surface area (Å²) >= 11 is 0. The fraction of sp³-hybridized carbons (Fsp3) is 0.273. The molecule has 0 aromatic heterocycles. The first-order chi connectivity index (χ1) is 8.90. The average molecular weight is 272 g/mol. The number of hydrogen-bond acceptors (Lipinski definition) is 3. The number of fused-ring (bicyclic) bond motifs is 1. The largest absolute Gasteiger partial charge is 0.488 e. The molecule has 0 spiro atoms. The molecule has 0 radical (unpaired) electrons. The number of carbonyl (C=O) groups excluding carboxylic acids is 1. The van der Waals surface area contributed by atoms with Gasteiger partial charge in [0.15, 0.2) is 5.82 Å². The van der Waals surface area contributed by atoms with Crippen LogP contribution in [0, 0.1) is 18.6 Å². The summed E-state index contributed by atoms with van der Waals surface area (Å²) in [7, 11) is 0. The van der Waals surface area contributed by atoms with Gasteiger partial charge in [-0.05, 0) is 6.92 Å². The molecule has 2 rings (SSSR count). The molecule has 3 N–H and O–H groups in total. The lowest BCUT2D eigenvalue weighted by Gasteiger charge is -2.11. The van der Waals surface area contributed by atoms with Crippen molar-refractivity contribution in [2.24, 2.45) is 0 Å². The van der Waals surface area contributed by atoms with E-state index in [1.165, 1.54) is 6.92 Å². The Morgan fingerprint density at radius 2 is 2.26 bits per heavy atom. The van der Waals surface area contributed by atoms with Gasteiger partial charge in [0.25, 0.3) is 5.91 Å². The van der Waals surface area contributed by atoms with E-state index in [1.54, 1.807) is 0 Å². The van der Waals surface area contributed by atoms with Gasteiger partial charge in [-0.3, -0.25) is 4.79 Å². The quantitative estimate of drug-likeness (QED) is 0.717. The number of nitrogens with one attached hydrogen (secondary N) is 2. The lowest BCUT2D eigenvalue weighted by molar-refractivity contribution is -0.118. The Hall–Kier alpha value is -2.38. The number of rotatable bonds is 1. The van der Waals surface area contributed by atoms with Crippen LogP contribution in [0.25, 0.3) is 0 Å². The Morgan fingerprint density at radius 3 is 2.89 bits per heavy atom. The first-order valence-corrected chi connectivity index (χ1v) is 5.32. The minimum atomic E-state index is -1.42. The number of carbonyl (C=O) groups is 2. The number of carboxylic acid groups (broad SMARTS) is 1. The maximum absolute atomic E-state index is 13.8. The van der Waals surface area contributed by atoms with Crippen LogP contribution in [-0.4, -0.2) is 29.8 Å². The Balaban J connectivity index is 2.36. The van der Waals surface area contributed by atoms with Gasteiger partial charge in [-0.25, -0.2) is 13.6 Å². The van der Waals surface area contributed by atoms with E-state index in [0.29, 0.717) is 0 Å². The second-order valence-electron chi connectivity index (χ2n) is 3.97. The normalized spacial score (nSPS) is 17.8. The van der Waals surface area contributed by atoms with Crippen molar-refractivity contribution in [1.29, 1.82) is 0 Å². The van der Waals surface area contributed by atoms with Gasteiger partial charge in [-0.2, -0.15) is 0 Å². The summed E-state index contributed by atoms with van der Waals surface area (Å²) in [6.07, 6.45) is -1.42. The van der Waals surface area contributed by atoms with Crippen LogP contribution in [0.2, 0.25) is 0 Å². The summed E-state index contributed by atoms with van der Waals surface area (Å²) in [6.45, 7) is 0.863. The van der Waals surface area contributed by atoms with Crippen molar-refractivity contribution < 1.29 is 28.2 Å². The monoisotopic (exact) mass is 272 g/mol. The van der Waals surface area contributed by atoms with Crippen molar-refractivity contribution in [3.63, 3.8) is 0 Å². The van der Waals surface area contributed by atoms with Gasteiger partial charge < -0.3 is 20.5 Å². The lowest BCUT2D eigenvalue weighted by Crippen LogP contribution is -2.45. The maximum atomic E-state index is 13.8. The summed E-state index contributed by atoms with van der Waals surface area (Å²) in [5.41, 5.74) is -0.550. The molecule has 2 amide bonds. The molecule has 1 aliphatic rings. The van der Waals surface area contributed by atoms with Gasteiger partial charge in [0.1, 0.15) is 29.9 Å². The van der Waals surface area contributed by atoms with Crippen molar-refractivity contribution in [3.05, 3.63) is 23.3 Å². The maximum Gasteiger partial charge on any atom is 0.405 e. The van der Waals surface area contributed by atoms with Crippen molar-refractivity contribution in [1.82, 2.24) is 5.32 Å². The molecule has 1 aliphatic heterocycles. The third-order valence-corrected chi connectivity index (χ3v) is 2.68. The van der Waals surface area contributed by atoms with Gasteiger partial charge in [0.05, 0.1) is 0 Å². The number of hydrogen-bond donors (Lipinski definition) is 3. The molecule has 1 atom stereocenters. The predicted molar refractivity (Wildman–Crippen MR) is 60.2 cm³/mol. The van der Waals surface area contributed by atoms with Gasteiger partial charge in [-0.15, -0.1) is 0 Å². The van der Waals surface area contributed by atoms with Crippen molar-refractivity contribution in [2.75, 3.05) is 11.9 Å². The second-order valence-corrected chi connectivity index (χ2v) is 3.97. The van der Waals surface area contributed by atoms with Crippen molar-refractivity contribution >= 4 is 17.7 Å². The van der Waals surface area contributed by atoms with Crippen LogP contribution in [0.3, 0.4) is 0 Å². The first kappa shape index (κ1) is 13.1. The molecule has 102 valence electrons. The SMILES string of the molecule is Cc1c(F)cc2c(c1F)NC(=O)C(NC(=O)O)CO2. The molecule has 6 nitrogen and oxygen atoms in total. The second kappa shape index (κ2) is 4.71. The third-order valence-electron chi connectivity index (χ3n) is 2.68. The smallest absolute Gasteiger partial charge is 0.405 e. The topological polar surface area (TPSA) is 87.7 Å². The number of ether oxygens (including phenoxy) is 1. The van der Waals surface area contributed by atoms with E-state index in [0.717, 1.165) is 6.07 Å². The lowest BCUT2D eigenvalue weighted by atomic mass is 10.1. The van der Waals surface area contributed by atoms with Crippen LogP contribution in [0.15, 0.2) is 6.07 Å². The molecule has 1 aromatic rings. The number of benzene rings is 1. The van der Waals surface area contributed by atoms with Crippen molar-refractivity contribution in [3.8, 4) is 5.75 Å². The molecule has 0 saturated carbocycles. The zero-order chi connectivity index (χ0) is 14.2. The van der Waals surface area contributed by atoms with E-state index >= 15 is 0 Å². The Morgan fingerprint density at radius 1 is 1.58 bits per heavy atom. The van der Waals surface area contributed by atoms with E-state index in [1.807, 2.05) is 5.32 Å². The van der Waals surface area contributed by atoms with Crippen LogP contribution in [-0.2, 0) is 4.79 Å². The third kappa shape index (κ3) is 2.42. The highest BCUT2D eigenvalue weighted by atomic mass is 19.1. The Kier molecular flexibility index (Phi) is 3.24. The van der Waals surface area contributed by atoms with Gasteiger partial charge in [0.2, 0.25) is 0 Å². The minimum absolute atomic E-state index is 0.177. The number of halogens is 2. The summed E-state index contributed by atoms with van der Waals surface area (Å²) in [5.74, 6) is -2.70. The molecule has 0 saturated heterocycles. The van der Waals surface area contributed by atoms with Crippen LogP contribution in [0.1, 0.15) is 5.56 Å². The summed E-state index contributed by atoms with van der Waals surface area (Å²) in [4.78, 5) is 22.2. The number of amides is 2. The number of anilines is 1. The van der Waals surface area contributed by atoms with E-state index < -0.39 is 29.7 Å². The van der Waals surface area contributed by atoms with Crippen LogP contribution in [0.5, 0.6) is 5.75 Å². The van der Waals surface area contributed by atoms with Crippen LogP contribution < -0.4 is 15.4 Å². The zero-order valence-electron chi connectivity index (χ0n) is 9.79. The minimum Gasteiger partial charge on any atom is -0.488 e. The molecular formula is C11H10F2N2O4. The molecule has 1 heterocycles. The molecule has 0 aliphatic carbocycles. The fourth-order valence-corrected chi connectivity index (χ4v) is 1.64. The van der Waals surface area contributed by atoms with Gasteiger partial charge in [0, 0.05) is 11.6 Å². The predicted octanol–water partition coefficient (Wildman–Crippen LogP) is 1.24. The van der Waals surface area contributed by atoms with E-state index in [2.05, 4.69) is 5.32 Å². The standard InChI is InChI=1S/C11H10F2N2O4/c1-4-5(12)2-7-9(8(4)13)15-10(16)6(3-19-7)14-11(17)18/h2,6,14H,3H2,1H3,(H,15,16)(H,17,18). The molecule has 8 heteroatoms. The van der Waals surface area contributed by atoms with E-state index in [4.69, 9.17) is 9.84 Å². The van der Waals surface area contributed by atoms with Crippen LogP contribution in [0.4, 0.5) is 19.3 Å². The highest BCUT2D eigenvalue weighted by Gasteiger charge is 2.29. The van der Waals surface area contributed by atoms with Gasteiger partial charge in [-0.1, -0.05) is 0 Å². The Bertz CT molecular complexity index is 562. The van der Waals surface area contributed by atoms with E-state index in [9.17, 15) is 18.4 Å². The highest BCUT2D eigenvalue weighted by Crippen LogP contribution is 2.33. The first-order valence-electron chi connectivity index (χ1n) is 5.32. The molecule has 0 bridgehead atoms. The molecular weight excluding hydrogens is 262 g/mol. The summed E-state index contributed by atoms with van der Waals surface area (Å²) in [5, 5.41) is 12.7. The summed E-state index contributed by atoms with van der Waals surface area (Å²) < 4.78 is 32.2. The Labute approximate surface area is 106 Å². The fourth-order valence-electron chi connectivity index (χ4n) is 1.64.